The van der Waals surface area contributed by atoms with Gasteiger partial charge in [-0.05, 0) is 36.1 Å². The molecular formula is C12H18FNO. The van der Waals surface area contributed by atoms with Gasteiger partial charge < -0.3 is 10.5 Å². The molecule has 0 aliphatic heterocycles. The van der Waals surface area contributed by atoms with Gasteiger partial charge in [0, 0.05) is 5.69 Å². The second-order valence-corrected chi connectivity index (χ2v) is 3.94. The summed E-state index contributed by atoms with van der Waals surface area (Å²) in [6.07, 6.45) is 0. The highest BCUT2D eigenvalue weighted by Crippen LogP contribution is 2.30. The van der Waals surface area contributed by atoms with E-state index in [0.717, 1.165) is 22.6 Å². The molecule has 0 fully saturated rings. The molecule has 1 aromatic carbocycles. The van der Waals surface area contributed by atoms with Gasteiger partial charge in [0.05, 0.1) is 0 Å². The lowest BCUT2D eigenvalue weighted by Crippen LogP contribution is -2.04. The van der Waals surface area contributed by atoms with E-state index in [1.165, 1.54) is 0 Å². The summed E-state index contributed by atoms with van der Waals surface area (Å²) in [6.45, 7) is 5.67. The standard InChI is InChI=1S/C12H18FNO/c1-8(2)10-7-11(14)9(3)6-12(10)15-5-4-13/h6-8H,4-5,14H2,1-3H3. The summed E-state index contributed by atoms with van der Waals surface area (Å²) < 4.78 is 17.4. The number of ether oxygens (including phenoxy) is 1. The van der Waals surface area contributed by atoms with Crippen LogP contribution in [0.15, 0.2) is 12.1 Å². The Labute approximate surface area is 90.2 Å². The maximum Gasteiger partial charge on any atom is 0.123 e. The number of halogens is 1. The van der Waals surface area contributed by atoms with Crippen LogP contribution in [0.25, 0.3) is 0 Å². The van der Waals surface area contributed by atoms with Crippen LogP contribution >= 0.6 is 0 Å². The van der Waals surface area contributed by atoms with Crippen LogP contribution in [0.4, 0.5) is 10.1 Å². The minimum atomic E-state index is -0.471. The van der Waals surface area contributed by atoms with Crippen molar-refractivity contribution in [3.05, 3.63) is 23.3 Å². The van der Waals surface area contributed by atoms with E-state index in [2.05, 4.69) is 13.8 Å². The molecular weight excluding hydrogens is 193 g/mol. The first-order valence-corrected chi connectivity index (χ1v) is 5.15. The predicted molar refractivity (Wildman–Crippen MR) is 61.2 cm³/mol. The Bertz CT molecular complexity index is 337. The monoisotopic (exact) mass is 211 g/mol. The van der Waals surface area contributed by atoms with Crippen LogP contribution in [0.5, 0.6) is 5.75 Å². The van der Waals surface area contributed by atoms with Gasteiger partial charge in [-0.2, -0.15) is 0 Å². The number of anilines is 1. The second kappa shape index (κ2) is 5.01. The van der Waals surface area contributed by atoms with E-state index in [4.69, 9.17) is 10.5 Å². The summed E-state index contributed by atoms with van der Waals surface area (Å²) >= 11 is 0. The summed E-state index contributed by atoms with van der Waals surface area (Å²) in [5.41, 5.74) is 8.58. The molecule has 0 saturated carbocycles. The third-order valence-corrected chi connectivity index (χ3v) is 2.36. The van der Waals surface area contributed by atoms with E-state index in [1.807, 2.05) is 19.1 Å². The number of aryl methyl sites for hydroxylation is 1. The maximum atomic E-state index is 12.0. The highest BCUT2D eigenvalue weighted by atomic mass is 19.1. The Balaban J connectivity index is 3.04. The number of alkyl halides is 1. The smallest absolute Gasteiger partial charge is 0.123 e. The molecule has 0 spiro atoms. The first-order valence-electron chi connectivity index (χ1n) is 5.15. The van der Waals surface area contributed by atoms with E-state index in [9.17, 15) is 4.39 Å². The molecule has 0 atom stereocenters. The number of hydrogen-bond donors (Lipinski definition) is 1. The quantitative estimate of drug-likeness (QED) is 0.777. The number of benzene rings is 1. The zero-order valence-corrected chi connectivity index (χ0v) is 9.51. The third kappa shape index (κ3) is 2.85. The SMILES string of the molecule is Cc1cc(OCCF)c(C(C)C)cc1N. The van der Waals surface area contributed by atoms with E-state index < -0.39 is 6.67 Å². The molecule has 0 aliphatic rings. The first kappa shape index (κ1) is 11.8. The van der Waals surface area contributed by atoms with Crippen molar-refractivity contribution in [1.82, 2.24) is 0 Å². The van der Waals surface area contributed by atoms with Crippen molar-refractivity contribution < 1.29 is 9.13 Å². The summed E-state index contributed by atoms with van der Waals surface area (Å²) in [4.78, 5) is 0. The maximum absolute atomic E-state index is 12.0. The summed E-state index contributed by atoms with van der Waals surface area (Å²) in [5, 5.41) is 0. The van der Waals surface area contributed by atoms with Gasteiger partial charge in [-0.1, -0.05) is 13.8 Å². The van der Waals surface area contributed by atoms with Crippen LogP contribution in [0.3, 0.4) is 0 Å². The Kier molecular flexibility index (Phi) is 3.95. The van der Waals surface area contributed by atoms with E-state index >= 15 is 0 Å². The van der Waals surface area contributed by atoms with Crippen LogP contribution in [0.1, 0.15) is 30.9 Å². The fourth-order valence-electron chi connectivity index (χ4n) is 1.44. The number of nitrogen functional groups attached to an aromatic ring is 1. The highest BCUT2D eigenvalue weighted by molar-refractivity contribution is 5.55. The van der Waals surface area contributed by atoms with Gasteiger partial charge in [-0.25, -0.2) is 4.39 Å². The molecule has 0 radical (unpaired) electrons. The van der Waals surface area contributed by atoms with Gasteiger partial charge in [0.15, 0.2) is 0 Å². The van der Waals surface area contributed by atoms with Gasteiger partial charge in [0.25, 0.3) is 0 Å². The largest absolute Gasteiger partial charge is 0.491 e. The Morgan fingerprint density at radius 3 is 2.60 bits per heavy atom. The average Bonchev–Trinajstić information content (AvgIpc) is 2.19. The van der Waals surface area contributed by atoms with Gasteiger partial charge >= 0.3 is 0 Å². The highest BCUT2D eigenvalue weighted by Gasteiger charge is 2.10. The molecule has 0 amide bonds. The zero-order valence-electron chi connectivity index (χ0n) is 9.51. The molecule has 0 bridgehead atoms. The fraction of sp³-hybridized carbons (Fsp3) is 0.500. The Morgan fingerprint density at radius 2 is 2.07 bits per heavy atom. The number of rotatable bonds is 4. The van der Waals surface area contributed by atoms with Crippen molar-refractivity contribution in [3.8, 4) is 5.75 Å². The minimum absolute atomic E-state index is 0.100. The molecule has 2 nitrogen and oxygen atoms in total. The lowest BCUT2D eigenvalue weighted by Gasteiger charge is -2.15. The Morgan fingerprint density at radius 1 is 1.40 bits per heavy atom. The predicted octanol–water partition coefficient (Wildman–Crippen LogP) is 3.05. The zero-order chi connectivity index (χ0) is 11.4. The van der Waals surface area contributed by atoms with Crippen LogP contribution in [0, 0.1) is 6.92 Å². The molecule has 0 unspecified atom stereocenters. The van der Waals surface area contributed by atoms with Crippen LogP contribution < -0.4 is 10.5 Å². The van der Waals surface area contributed by atoms with Crippen molar-refractivity contribution in [2.24, 2.45) is 0 Å². The van der Waals surface area contributed by atoms with Gasteiger partial charge in [-0.15, -0.1) is 0 Å². The average molecular weight is 211 g/mol. The molecule has 0 saturated heterocycles. The third-order valence-electron chi connectivity index (χ3n) is 2.36. The van der Waals surface area contributed by atoms with Crippen LogP contribution in [-0.4, -0.2) is 13.3 Å². The van der Waals surface area contributed by atoms with Gasteiger partial charge in [0.2, 0.25) is 0 Å². The second-order valence-electron chi connectivity index (χ2n) is 3.94. The van der Waals surface area contributed by atoms with E-state index in [0.29, 0.717) is 5.92 Å². The molecule has 0 aliphatic carbocycles. The van der Waals surface area contributed by atoms with E-state index in [1.54, 1.807) is 0 Å². The Hall–Kier alpha value is -1.25. The van der Waals surface area contributed by atoms with Crippen LogP contribution in [0.2, 0.25) is 0 Å². The molecule has 1 aromatic rings. The molecule has 0 aromatic heterocycles. The molecule has 15 heavy (non-hydrogen) atoms. The fourth-order valence-corrected chi connectivity index (χ4v) is 1.44. The van der Waals surface area contributed by atoms with Crippen molar-refractivity contribution in [2.45, 2.75) is 26.7 Å². The molecule has 84 valence electrons. The summed E-state index contributed by atoms with van der Waals surface area (Å²) in [7, 11) is 0. The normalized spacial score (nSPS) is 10.7. The lowest BCUT2D eigenvalue weighted by atomic mass is 9.99. The topological polar surface area (TPSA) is 35.2 Å². The van der Waals surface area contributed by atoms with Crippen molar-refractivity contribution >= 4 is 5.69 Å². The van der Waals surface area contributed by atoms with Crippen LogP contribution in [-0.2, 0) is 0 Å². The first-order chi connectivity index (χ1) is 7.06. The molecule has 2 N–H and O–H groups in total. The van der Waals surface area contributed by atoms with Gasteiger partial charge in [0.1, 0.15) is 19.0 Å². The van der Waals surface area contributed by atoms with Crippen molar-refractivity contribution in [2.75, 3.05) is 19.0 Å². The number of hydrogen-bond acceptors (Lipinski definition) is 2. The summed E-state index contributed by atoms with van der Waals surface area (Å²) in [5.74, 6) is 1.07. The summed E-state index contributed by atoms with van der Waals surface area (Å²) in [6, 6.07) is 3.79. The molecule has 3 heteroatoms. The van der Waals surface area contributed by atoms with E-state index in [-0.39, 0.29) is 6.61 Å². The number of nitrogens with two attached hydrogens (primary N) is 1. The molecule has 0 heterocycles. The van der Waals surface area contributed by atoms with Crippen molar-refractivity contribution in [1.29, 1.82) is 0 Å². The van der Waals surface area contributed by atoms with Crippen molar-refractivity contribution in [3.63, 3.8) is 0 Å². The van der Waals surface area contributed by atoms with Gasteiger partial charge in [-0.3, -0.25) is 0 Å². The lowest BCUT2D eigenvalue weighted by molar-refractivity contribution is 0.270. The molecule has 1 rings (SSSR count). The minimum Gasteiger partial charge on any atom is -0.491 e.